The Kier molecular flexibility index (Phi) is 12.9. The molecule has 1 aliphatic carbocycles. The molecule has 308 valence electrons. The molecule has 7 rings (SSSR count). The summed E-state index contributed by atoms with van der Waals surface area (Å²) in [5.41, 5.74) is 13.5. The molecule has 1 atom stereocenters. The van der Waals surface area contributed by atoms with Crippen LogP contribution in [0.25, 0.3) is 43.8 Å². The van der Waals surface area contributed by atoms with Crippen LogP contribution >= 0.6 is 0 Å². The molecule has 4 aromatic carbocycles. The van der Waals surface area contributed by atoms with Crippen LogP contribution in [0.4, 0.5) is 5.69 Å². The van der Waals surface area contributed by atoms with Gasteiger partial charge < -0.3 is 40.1 Å². The first-order valence-corrected chi connectivity index (χ1v) is 19.9. The Morgan fingerprint density at radius 2 is 1.63 bits per heavy atom. The zero-order valence-electron chi connectivity index (χ0n) is 33.0. The van der Waals surface area contributed by atoms with E-state index in [1.165, 1.54) is 6.42 Å². The first-order chi connectivity index (χ1) is 29.2. The number of carboxylic acid groups (broad SMARTS) is 1. The predicted molar refractivity (Wildman–Crippen MR) is 225 cm³/mol. The standard InChI is InChI=1S/C44H45N9O7/c1-2-59-34-17-18-36-35(24-34)30(25-48-36)23-38(44(57)58)50-43(56)29-12-19-39-37(22-29)49-41(53(39)32-6-4-3-5-7-32)27-10-15-33(16-11-27)60-26-40(54)46-20-21-47-42(55)28-8-13-31(14-9-28)51-52-45/h8-19,22,24-25,32,38,48H,2-7,20-21,23,26H2,1H3,(H,46,54)(H,47,55)(H,50,56)(H,57,58)/t38-/m0/s1. The maximum atomic E-state index is 13.6. The third-order valence-corrected chi connectivity index (χ3v) is 10.5. The molecule has 2 aromatic heterocycles. The third kappa shape index (κ3) is 9.68. The van der Waals surface area contributed by atoms with Crippen molar-refractivity contribution in [3.63, 3.8) is 0 Å². The molecule has 60 heavy (non-hydrogen) atoms. The summed E-state index contributed by atoms with van der Waals surface area (Å²) in [5, 5.41) is 22.6. The van der Waals surface area contributed by atoms with Gasteiger partial charge in [-0.3, -0.25) is 14.4 Å². The van der Waals surface area contributed by atoms with Crippen LogP contribution in [0.2, 0.25) is 0 Å². The fourth-order valence-electron chi connectivity index (χ4n) is 7.51. The third-order valence-electron chi connectivity index (χ3n) is 10.5. The Hall–Kier alpha value is -7.32. The fourth-order valence-corrected chi connectivity index (χ4v) is 7.51. The van der Waals surface area contributed by atoms with Crippen molar-refractivity contribution in [2.24, 2.45) is 5.11 Å². The van der Waals surface area contributed by atoms with Gasteiger partial charge in [0.15, 0.2) is 6.61 Å². The van der Waals surface area contributed by atoms with Crippen LogP contribution in [0, 0.1) is 0 Å². The van der Waals surface area contributed by atoms with Crippen LogP contribution in [0.1, 0.15) is 71.3 Å². The van der Waals surface area contributed by atoms with Crippen LogP contribution in [-0.2, 0) is 16.0 Å². The molecule has 1 saturated carbocycles. The Morgan fingerprint density at radius 1 is 0.900 bits per heavy atom. The molecule has 2 heterocycles. The van der Waals surface area contributed by atoms with Crippen molar-refractivity contribution in [1.82, 2.24) is 30.5 Å². The SMILES string of the molecule is CCOc1ccc2[nH]cc(C[C@H](NC(=O)c3ccc4c(c3)nc(-c3ccc(OCC(=O)NCCNC(=O)c5ccc(N=[N+]=[N-])cc5)cc3)n4C3CCCCC3)C(=O)O)c2c1. The van der Waals surface area contributed by atoms with Crippen LogP contribution in [0.15, 0.2) is 96.2 Å². The molecule has 0 radical (unpaired) electrons. The molecule has 5 N–H and O–H groups in total. The highest BCUT2D eigenvalue weighted by molar-refractivity contribution is 6.00. The van der Waals surface area contributed by atoms with Crippen molar-refractivity contribution in [2.75, 3.05) is 26.3 Å². The second kappa shape index (κ2) is 19.0. The molecule has 1 aliphatic rings. The second-order valence-corrected chi connectivity index (χ2v) is 14.5. The highest BCUT2D eigenvalue weighted by atomic mass is 16.5. The molecule has 0 bridgehead atoms. The lowest BCUT2D eigenvalue weighted by molar-refractivity contribution is -0.139. The molecule has 3 amide bonds. The minimum atomic E-state index is -1.18. The number of rotatable bonds is 17. The number of carboxylic acids is 1. The van der Waals surface area contributed by atoms with E-state index in [0.717, 1.165) is 59.1 Å². The molecule has 16 nitrogen and oxygen atoms in total. The summed E-state index contributed by atoms with van der Waals surface area (Å²) in [6.45, 7) is 2.58. The van der Waals surface area contributed by atoms with Gasteiger partial charge in [0.05, 0.1) is 17.6 Å². The number of benzene rings is 4. The summed E-state index contributed by atoms with van der Waals surface area (Å²) in [4.78, 5) is 61.8. The van der Waals surface area contributed by atoms with Gasteiger partial charge in [0, 0.05) is 69.9 Å². The first-order valence-electron chi connectivity index (χ1n) is 19.9. The zero-order valence-corrected chi connectivity index (χ0v) is 33.0. The maximum absolute atomic E-state index is 13.6. The van der Waals surface area contributed by atoms with E-state index in [9.17, 15) is 24.3 Å². The quantitative estimate of drug-likeness (QED) is 0.0270. The molecule has 0 spiro atoms. The minimum Gasteiger partial charge on any atom is -0.494 e. The number of aromatic nitrogens is 3. The van der Waals surface area contributed by atoms with E-state index in [4.69, 9.17) is 20.0 Å². The van der Waals surface area contributed by atoms with E-state index in [-0.39, 0.29) is 44.0 Å². The average Bonchev–Trinajstić information content (AvgIpc) is 3.85. The van der Waals surface area contributed by atoms with Crippen molar-refractivity contribution in [2.45, 2.75) is 57.5 Å². The van der Waals surface area contributed by atoms with Crippen molar-refractivity contribution < 1.29 is 33.8 Å². The van der Waals surface area contributed by atoms with Crippen molar-refractivity contribution >= 4 is 51.3 Å². The number of azide groups is 1. The Balaban J connectivity index is 0.996. The number of H-pyrrole nitrogens is 1. The maximum Gasteiger partial charge on any atom is 0.326 e. The van der Waals surface area contributed by atoms with E-state index in [1.807, 2.05) is 43.3 Å². The number of fused-ring (bicyclic) bond motifs is 2. The number of hydrogen-bond donors (Lipinski definition) is 5. The van der Waals surface area contributed by atoms with Gasteiger partial charge in [-0.2, -0.15) is 0 Å². The lowest BCUT2D eigenvalue weighted by atomic mass is 9.94. The first kappa shape index (κ1) is 40.9. The van der Waals surface area contributed by atoms with E-state index >= 15 is 0 Å². The lowest BCUT2D eigenvalue weighted by Gasteiger charge is -2.25. The summed E-state index contributed by atoms with van der Waals surface area (Å²) >= 11 is 0. The summed E-state index contributed by atoms with van der Waals surface area (Å²) in [6.07, 6.45) is 7.18. The minimum absolute atomic E-state index is 0.0724. The number of imidazole rings is 1. The van der Waals surface area contributed by atoms with Crippen molar-refractivity contribution in [3.05, 3.63) is 118 Å². The van der Waals surface area contributed by atoms with Gasteiger partial charge in [-0.1, -0.05) is 36.5 Å². The summed E-state index contributed by atoms with van der Waals surface area (Å²) in [7, 11) is 0. The molecule has 1 fully saturated rings. The van der Waals surface area contributed by atoms with E-state index < -0.39 is 17.9 Å². The van der Waals surface area contributed by atoms with Crippen LogP contribution in [0.5, 0.6) is 11.5 Å². The van der Waals surface area contributed by atoms with Gasteiger partial charge in [-0.15, -0.1) is 0 Å². The summed E-state index contributed by atoms with van der Waals surface area (Å²) in [5.74, 6) is -0.433. The molecule has 0 unspecified atom stereocenters. The summed E-state index contributed by atoms with van der Waals surface area (Å²) in [6, 6.07) is 23.4. The van der Waals surface area contributed by atoms with Crippen molar-refractivity contribution in [1.29, 1.82) is 0 Å². The molecule has 16 heteroatoms. The van der Waals surface area contributed by atoms with E-state index in [2.05, 4.69) is 35.5 Å². The molecule has 0 saturated heterocycles. The number of ether oxygens (including phenoxy) is 2. The number of nitrogens with zero attached hydrogens (tertiary/aromatic N) is 5. The van der Waals surface area contributed by atoms with Gasteiger partial charge >= 0.3 is 5.97 Å². The number of hydrogen-bond acceptors (Lipinski definition) is 8. The molecular formula is C44H45N9O7. The molecule has 0 aliphatic heterocycles. The smallest absolute Gasteiger partial charge is 0.326 e. The Labute approximate surface area is 344 Å². The second-order valence-electron chi connectivity index (χ2n) is 14.5. The Bertz CT molecular complexity index is 2550. The van der Waals surface area contributed by atoms with E-state index in [1.54, 1.807) is 54.7 Å². The number of nitrogens with one attached hydrogen (secondary N) is 4. The fraction of sp³-hybridized carbons (Fsp3) is 0.295. The normalized spacial score (nSPS) is 13.3. The number of aliphatic carboxylic acids is 1. The van der Waals surface area contributed by atoms with E-state index in [0.29, 0.717) is 40.4 Å². The van der Waals surface area contributed by atoms with Gasteiger partial charge in [-0.25, -0.2) is 9.78 Å². The highest BCUT2D eigenvalue weighted by Crippen LogP contribution is 2.37. The van der Waals surface area contributed by atoms with Gasteiger partial charge in [0.25, 0.3) is 17.7 Å². The molecular weight excluding hydrogens is 767 g/mol. The number of amides is 3. The molecule has 6 aromatic rings. The van der Waals surface area contributed by atoms with Crippen LogP contribution in [-0.4, -0.2) is 75.7 Å². The van der Waals surface area contributed by atoms with Crippen LogP contribution in [0.3, 0.4) is 0 Å². The van der Waals surface area contributed by atoms with Crippen LogP contribution < -0.4 is 25.4 Å². The largest absolute Gasteiger partial charge is 0.494 e. The highest BCUT2D eigenvalue weighted by Gasteiger charge is 2.26. The topological polar surface area (TPSA) is 225 Å². The monoisotopic (exact) mass is 811 g/mol. The zero-order chi connectivity index (χ0) is 42.0. The van der Waals surface area contributed by atoms with Crippen molar-refractivity contribution in [3.8, 4) is 22.9 Å². The lowest BCUT2D eigenvalue weighted by Crippen LogP contribution is -2.42. The number of aromatic amines is 1. The Morgan fingerprint density at radius 3 is 2.37 bits per heavy atom. The van der Waals surface area contributed by atoms with Gasteiger partial charge in [-0.05, 0) is 104 Å². The predicted octanol–water partition coefficient (Wildman–Crippen LogP) is 7.38. The summed E-state index contributed by atoms with van der Waals surface area (Å²) < 4.78 is 13.6. The average molecular weight is 812 g/mol. The van der Waals surface area contributed by atoms with Gasteiger partial charge in [0.2, 0.25) is 0 Å². The van der Waals surface area contributed by atoms with Gasteiger partial charge in [0.1, 0.15) is 23.4 Å². The number of carbonyl (C=O) groups is 4. The number of carbonyl (C=O) groups excluding carboxylic acids is 3.